The monoisotopic (exact) mass is 450 g/mol. The van der Waals surface area contributed by atoms with Gasteiger partial charge in [-0.2, -0.15) is 0 Å². The van der Waals surface area contributed by atoms with Gasteiger partial charge in [0.2, 0.25) is 11.9 Å². The van der Waals surface area contributed by atoms with E-state index in [0.29, 0.717) is 5.69 Å². The summed E-state index contributed by atoms with van der Waals surface area (Å²) in [6.07, 6.45) is 4.49. The van der Waals surface area contributed by atoms with Gasteiger partial charge < -0.3 is 5.32 Å². The number of sulfonamides is 1. The smallest absolute Gasteiger partial charge is 0.264 e. The van der Waals surface area contributed by atoms with Gasteiger partial charge in [0, 0.05) is 18.1 Å². The summed E-state index contributed by atoms with van der Waals surface area (Å²) in [5, 5.41) is 2.94. The Labute approximate surface area is 188 Å². The molecule has 1 amide bonds. The average Bonchev–Trinajstić information content (AvgIpc) is 3.56. The van der Waals surface area contributed by atoms with Gasteiger partial charge in [0.15, 0.2) is 0 Å². The van der Waals surface area contributed by atoms with E-state index in [-0.39, 0.29) is 22.2 Å². The minimum Gasteiger partial charge on any atom is -0.325 e. The van der Waals surface area contributed by atoms with Gasteiger partial charge in [-0.1, -0.05) is 45.0 Å². The number of hydrogen-bond acceptors (Lipinski definition) is 5. The van der Waals surface area contributed by atoms with Gasteiger partial charge in [0.1, 0.15) is 0 Å². The van der Waals surface area contributed by atoms with Crippen LogP contribution in [0.1, 0.15) is 44.7 Å². The van der Waals surface area contributed by atoms with Gasteiger partial charge in [-0.25, -0.2) is 23.1 Å². The number of carbonyl (C=O) groups excluding carboxylic acids is 1. The number of aromatic nitrogens is 2. The Kier molecular flexibility index (Phi) is 5.50. The highest BCUT2D eigenvalue weighted by Crippen LogP contribution is 2.49. The summed E-state index contributed by atoms with van der Waals surface area (Å²) in [5.41, 5.74) is 2.31. The van der Waals surface area contributed by atoms with Crippen LogP contribution in [0.25, 0.3) is 0 Å². The molecule has 1 aliphatic carbocycles. The molecule has 7 nitrogen and oxygen atoms in total. The molecule has 1 saturated carbocycles. The van der Waals surface area contributed by atoms with E-state index in [4.69, 9.17) is 0 Å². The van der Waals surface area contributed by atoms with E-state index in [1.165, 1.54) is 30.1 Å². The normalized spacial score (nSPS) is 15.1. The van der Waals surface area contributed by atoms with Gasteiger partial charge >= 0.3 is 0 Å². The molecule has 0 radical (unpaired) electrons. The van der Waals surface area contributed by atoms with Crippen LogP contribution >= 0.6 is 0 Å². The second-order valence-corrected chi connectivity index (χ2v) is 10.7. The molecule has 0 unspecified atom stereocenters. The van der Waals surface area contributed by atoms with E-state index < -0.39 is 15.4 Å². The number of anilines is 2. The maximum absolute atomic E-state index is 13.0. The summed E-state index contributed by atoms with van der Waals surface area (Å²) in [5.74, 6) is -0.0783. The molecule has 0 atom stereocenters. The third-order valence-corrected chi connectivity index (χ3v) is 7.05. The molecule has 1 aliphatic rings. The van der Waals surface area contributed by atoms with Crippen LogP contribution < -0.4 is 10.0 Å². The zero-order valence-electron chi connectivity index (χ0n) is 18.3. The molecule has 1 aromatic heterocycles. The lowest BCUT2D eigenvalue weighted by Gasteiger charge is -2.21. The standard InChI is InChI=1S/C24H26N4O3S/c1-23(2,3)17-5-7-18(8-6-17)24(13-14-24)21(29)27-19-9-11-20(12-10-19)32(30,31)28-22-25-15-4-16-26-22/h4-12,15-16H,13-14H2,1-3H3,(H,27,29)(H,25,26,28). The zero-order chi connectivity index (χ0) is 23.0. The third-order valence-electron chi connectivity index (χ3n) is 5.70. The molecule has 0 spiro atoms. The third kappa shape index (κ3) is 4.50. The highest BCUT2D eigenvalue weighted by Gasteiger charge is 2.51. The van der Waals surface area contributed by atoms with Crippen LogP contribution in [0, 0.1) is 0 Å². The van der Waals surface area contributed by atoms with E-state index in [9.17, 15) is 13.2 Å². The van der Waals surface area contributed by atoms with Crippen molar-refractivity contribution in [2.75, 3.05) is 10.0 Å². The lowest BCUT2D eigenvalue weighted by atomic mass is 9.85. The molecule has 4 rings (SSSR count). The summed E-state index contributed by atoms with van der Waals surface area (Å²) in [6, 6.07) is 15.9. The highest BCUT2D eigenvalue weighted by atomic mass is 32.2. The molecule has 0 aliphatic heterocycles. The minimum absolute atomic E-state index is 0.00182. The van der Waals surface area contributed by atoms with Crippen molar-refractivity contribution in [2.24, 2.45) is 0 Å². The quantitative estimate of drug-likeness (QED) is 0.585. The lowest BCUT2D eigenvalue weighted by Crippen LogP contribution is -2.28. The Morgan fingerprint density at radius 2 is 1.53 bits per heavy atom. The number of nitrogens with zero attached hydrogens (tertiary/aromatic N) is 2. The summed E-state index contributed by atoms with van der Waals surface area (Å²) >= 11 is 0. The zero-order valence-corrected chi connectivity index (χ0v) is 19.1. The van der Waals surface area contributed by atoms with E-state index in [2.05, 4.69) is 52.9 Å². The summed E-state index contributed by atoms with van der Waals surface area (Å²) in [6.45, 7) is 6.48. The van der Waals surface area contributed by atoms with Gasteiger partial charge in [0.05, 0.1) is 10.3 Å². The van der Waals surface area contributed by atoms with Crippen LogP contribution in [-0.4, -0.2) is 24.3 Å². The first-order valence-corrected chi connectivity index (χ1v) is 11.9. The Hall–Kier alpha value is -3.26. The minimum atomic E-state index is -3.82. The summed E-state index contributed by atoms with van der Waals surface area (Å²) in [7, 11) is -3.82. The molecular formula is C24H26N4O3S. The molecule has 32 heavy (non-hydrogen) atoms. The molecule has 1 fully saturated rings. The first-order chi connectivity index (χ1) is 15.1. The van der Waals surface area contributed by atoms with Gasteiger partial charge in [0.25, 0.3) is 10.0 Å². The van der Waals surface area contributed by atoms with Gasteiger partial charge in [-0.05, 0) is 59.7 Å². The molecule has 0 saturated heterocycles. The fourth-order valence-electron chi connectivity index (χ4n) is 3.56. The fourth-order valence-corrected chi connectivity index (χ4v) is 4.52. The Morgan fingerprint density at radius 3 is 2.06 bits per heavy atom. The van der Waals surface area contributed by atoms with Crippen LogP contribution in [-0.2, 0) is 25.6 Å². The van der Waals surface area contributed by atoms with Crippen molar-refractivity contribution < 1.29 is 13.2 Å². The van der Waals surface area contributed by atoms with Crippen LogP contribution in [0.3, 0.4) is 0 Å². The van der Waals surface area contributed by atoms with Crippen molar-refractivity contribution in [1.82, 2.24) is 9.97 Å². The van der Waals surface area contributed by atoms with Crippen molar-refractivity contribution in [3.63, 3.8) is 0 Å². The van der Waals surface area contributed by atoms with Gasteiger partial charge in [-0.15, -0.1) is 0 Å². The van der Waals surface area contributed by atoms with E-state index in [1.54, 1.807) is 18.2 Å². The van der Waals surface area contributed by atoms with Crippen molar-refractivity contribution in [3.05, 3.63) is 78.1 Å². The second-order valence-electron chi connectivity index (χ2n) is 9.07. The molecule has 166 valence electrons. The molecule has 1 heterocycles. The topological polar surface area (TPSA) is 101 Å². The van der Waals surface area contributed by atoms with E-state index >= 15 is 0 Å². The van der Waals surface area contributed by atoms with Crippen LogP contribution in [0.5, 0.6) is 0 Å². The van der Waals surface area contributed by atoms with E-state index in [0.717, 1.165) is 18.4 Å². The summed E-state index contributed by atoms with van der Waals surface area (Å²) < 4.78 is 27.3. The molecule has 0 bridgehead atoms. The maximum Gasteiger partial charge on any atom is 0.264 e. The van der Waals surface area contributed by atoms with Crippen molar-refractivity contribution in [2.45, 2.75) is 49.3 Å². The van der Waals surface area contributed by atoms with Crippen molar-refractivity contribution >= 4 is 27.6 Å². The van der Waals surface area contributed by atoms with Crippen LogP contribution in [0.15, 0.2) is 71.9 Å². The first kappa shape index (κ1) is 22.0. The molecule has 3 aromatic rings. The molecule has 8 heteroatoms. The number of amides is 1. The Bertz CT molecular complexity index is 1210. The molecule has 2 N–H and O–H groups in total. The number of rotatable bonds is 6. The first-order valence-electron chi connectivity index (χ1n) is 10.4. The predicted octanol–water partition coefficient (Wildman–Crippen LogP) is 4.25. The lowest BCUT2D eigenvalue weighted by molar-refractivity contribution is -0.118. The maximum atomic E-state index is 13.0. The number of nitrogens with one attached hydrogen (secondary N) is 2. The number of benzene rings is 2. The van der Waals surface area contributed by atoms with Gasteiger partial charge in [-0.3, -0.25) is 4.79 Å². The van der Waals surface area contributed by atoms with Crippen LogP contribution in [0.2, 0.25) is 0 Å². The highest BCUT2D eigenvalue weighted by molar-refractivity contribution is 7.92. The van der Waals surface area contributed by atoms with Crippen molar-refractivity contribution in [1.29, 1.82) is 0 Å². The molecule has 2 aromatic carbocycles. The fraction of sp³-hybridized carbons (Fsp3) is 0.292. The van der Waals surface area contributed by atoms with Crippen LogP contribution in [0.4, 0.5) is 11.6 Å². The number of carbonyl (C=O) groups is 1. The second kappa shape index (κ2) is 8.02. The summed E-state index contributed by atoms with van der Waals surface area (Å²) in [4.78, 5) is 20.8. The average molecular weight is 451 g/mol. The van der Waals surface area contributed by atoms with Crippen molar-refractivity contribution in [3.8, 4) is 0 Å². The SMILES string of the molecule is CC(C)(C)c1ccc(C2(C(=O)Nc3ccc(S(=O)(=O)Nc4ncccn4)cc3)CC2)cc1. The predicted molar refractivity (Wildman–Crippen MR) is 124 cm³/mol. The Morgan fingerprint density at radius 1 is 0.938 bits per heavy atom. The Balaban J connectivity index is 1.46. The van der Waals surface area contributed by atoms with E-state index in [1.807, 2.05) is 12.1 Å². The molecular weight excluding hydrogens is 424 g/mol. The largest absolute Gasteiger partial charge is 0.325 e. The number of hydrogen-bond donors (Lipinski definition) is 2.